The van der Waals surface area contributed by atoms with Gasteiger partial charge in [-0.25, -0.2) is 4.99 Å². The van der Waals surface area contributed by atoms with Crippen molar-refractivity contribution in [2.24, 2.45) is 10.9 Å². The van der Waals surface area contributed by atoms with Gasteiger partial charge in [0.05, 0.1) is 19.3 Å². The molecule has 2 heterocycles. The summed E-state index contributed by atoms with van der Waals surface area (Å²) in [6, 6.07) is 10.6. The average Bonchev–Trinajstić information content (AvgIpc) is 3.55. The molecule has 1 aliphatic carbocycles. The number of aliphatic imine (C=N–C) groups is 1. The third-order valence-corrected chi connectivity index (χ3v) is 6.18. The SMILES string of the molecule is CCNC(=NCc1cnn(Cc2ccccc2)c1)NC1CCN(C(=O)C2CCCC2)C1. The fourth-order valence-electron chi connectivity index (χ4n) is 4.54. The Balaban J connectivity index is 1.30. The number of nitrogens with zero attached hydrogens (tertiary/aromatic N) is 4. The van der Waals surface area contributed by atoms with Crippen molar-refractivity contribution < 1.29 is 4.79 Å². The van der Waals surface area contributed by atoms with E-state index in [1.807, 2.05) is 34.0 Å². The van der Waals surface area contributed by atoms with Crippen LogP contribution in [0, 0.1) is 5.92 Å². The summed E-state index contributed by atoms with van der Waals surface area (Å²) < 4.78 is 1.95. The van der Waals surface area contributed by atoms with Gasteiger partial charge in [-0.05, 0) is 31.7 Å². The molecule has 1 saturated carbocycles. The van der Waals surface area contributed by atoms with Crippen LogP contribution in [0.25, 0.3) is 0 Å². The standard InChI is InChI=1S/C24H34N6O/c1-2-25-24(28-22-12-13-29(18-22)23(31)21-10-6-7-11-21)26-14-20-15-27-30(17-20)16-19-8-4-3-5-9-19/h3-5,8-9,15,17,21-22H,2,6-7,10-14,16,18H2,1H3,(H2,25,26,28). The molecule has 1 unspecified atom stereocenters. The summed E-state index contributed by atoms with van der Waals surface area (Å²) in [6.07, 6.45) is 9.43. The molecular formula is C24H34N6O. The summed E-state index contributed by atoms with van der Waals surface area (Å²) in [5.74, 6) is 1.42. The summed E-state index contributed by atoms with van der Waals surface area (Å²) in [5.41, 5.74) is 2.31. The second-order valence-corrected chi connectivity index (χ2v) is 8.62. The third-order valence-electron chi connectivity index (χ3n) is 6.18. The van der Waals surface area contributed by atoms with Crippen molar-refractivity contribution in [3.05, 3.63) is 53.9 Å². The van der Waals surface area contributed by atoms with Crippen molar-refractivity contribution in [1.82, 2.24) is 25.3 Å². The minimum absolute atomic E-state index is 0.254. The van der Waals surface area contributed by atoms with Crippen LogP contribution in [0.4, 0.5) is 0 Å². The van der Waals surface area contributed by atoms with Crippen molar-refractivity contribution in [3.8, 4) is 0 Å². The zero-order valence-electron chi connectivity index (χ0n) is 18.5. The van der Waals surface area contributed by atoms with Crippen LogP contribution in [0.5, 0.6) is 0 Å². The van der Waals surface area contributed by atoms with Crippen LogP contribution in [0.3, 0.4) is 0 Å². The molecule has 7 nitrogen and oxygen atoms in total. The van der Waals surface area contributed by atoms with Gasteiger partial charge in [-0.2, -0.15) is 5.10 Å². The molecule has 1 aromatic carbocycles. The Morgan fingerprint density at radius 1 is 1.16 bits per heavy atom. The van der Waals surface area contributed by atoms with Crippen LogP contribution < -0.4 is 10.6 Å². The quantitative estimate of drug-likeness (QED) is 0.532. The van der Waals surface area contributed by atoms with Gasteiger partial charge in [0.15, 0.2) is 5.96 Å². The number of aromatic nitrogens is 2. The van der Waals surface area contributed by atoms with Crippen molar-refractivity contribution >= 4 is 11.9 Å². The minimum Gasteiger partial charge on any atom is -0.357 e. The molecule has 0 bridgehead atoms. The second kappa shape index (κ2) is 10.5. The van der Waals surface area contributed by atoms with E-state index in [-0.39, 0.29) is 12.0 Å². The Morgan fingerprint density at radius 3 is 2.74 bits per heavy atom. The first kappa shape index (κ1) is 21.4. The first-order valence-electron chi connectivity index (χ1n) is 11.6. The third kappa shape index (κ3) is 5.87. The van der Waals surface area contributed by atoms with Crippen molar-refractivity contribution in [2.75, 3.05) is 19.6 Å². The van der Waals surface area contributed by atoms with E-state index in [9.17, 15) is 4.79 Å². The summed E-state index contributed by atoms with van der Waals surface area (Å²) >= 11 is 0. The van der Waals surface area contributed by atoms with Gasteiger partial charge in [0.2, 0.25) is 5.91 Å². The molecule has 166 valence electrons. The Labute approximate surface area is 184 Å². The molecule has 2 aromatic rings. The highest BCUT2D eigenvalue weighted by atomic mass is 16.2. The van der Waals surface area contributed by atoms with Gasteiger partial charge in [-0.3, -0.25) is 9.48 Å². The minimum atomic E-state index is 0.254. The zero-order chi connectivity index (χ0) is 21.5. The number of hydrogen-bond donors (Lipinski definition) is 2. The van der Waals surface area contributed by atoms with Crippen LogP contribution in [0.15, 0.2) is 47.7 Å². The van der Waals surface area contributed by atoms with Gasteiger partial charge in [0.1, 0.15) is 0 Å². The van der Waals surface area contributed by atoms with E-state index < -0.39 is 0 Å². The Kier molecular flexibility index (Phi) is 7.22. The van der Waals surface area contributed by atoms with Crippen LogP contribution in [0.1, 0.15) is 50.2 Å². The normalized spacial score (nSPS) is 19.7. The Hall–Kier alpha value is -2.83. The van der Waals surface area contributed by atoms with E-state index in [2.05, 4.69) is 41.0 Å². The molecule has 2 aliphatic rings. The number of nitrogens with one attached hydrogen (secondary N) is 2. The lowest BCUT2D eigenvalue weighted by Gasteiger charge is -2.21. The van der Waals surface area contributed by atoms with Crippen molar-refractivity contribution in [3.63, 3.8) is 0 Å². The highest BCUT2D eigenvalue weighted by molar-refractivity contribution is 5.81. The number of carbonyl (C=O) groups excluding carboxylic acids is 1. The van der Waals surface area contributed by atoms with Gasteiger partial charge >= 0.3 is 0 Å². The predicted octanol–water partition coefficient (Wildman–Crippen LogP) is 2.78. The van der Waals surface area contributed by atoms with Gasteiger partial charge in [-0.1, -0.05) is 43.2 Å². The zero-order valence-corrected chi connectivity index (χ0v) is 18.5. The number of amides is 1. The van der Waals surface area contributed by atoms with Gasteiger partial charge < -0.3 is 15.5 Å². The number of guanidine groups is 1. The summed E-state index contributed by atoms with van der Waals surface area (Å²) in [5, 5.41) is 11.3. The molecule has 1 amide bonds. The smallest absolute Gasteiger partial charge is 0.225 e. The maximum atomic E-state index is 12.7. The fraction of sp³-hybridized carbons (Fsp3) is 0.542. The first-order valence-corrected chi connectivity index (χ1v) is 11.6. The van der Waals surface area contributed by atoms with E-state index >= 15 is 0 Å². The predicted molar refractivity (Wildman–Crippen MR) is 123 cm³/mol. The summed E-state index contributed by atoms with van der Waals surface area (Å²) in [7, 11) is 0. The van der Waals surface area contributed by atoms with Crippen molar-refractivity contribution in [1.29, 1.82) is 0 Å². The first-order chi connectivity index (χ1) is 15.2. The van der Waals surface area contributed by atoms with Crippen LogP contribution in [-0.2, 0) is 17.9 Å². The molecule has 0 radical (unpaired) electrons. The number of rotatable bonds is 7. The fourth-order valence-corrected chi connectivity index (χ4v) is 4.54. The molecule has 31 heavy (non-hydrogen) atoms. The Bertz CT molecular complexity index is 871. The molecule has 1 aromatic heterocycles. The van der Waals surface area contributed by atoms with E-state index in [0.29, 0.717) is 12.5 Å². The highest BCUT2D eigenvalue weighted by Gasteiger charge is 2.32. The second-order valence-electron chi connectivity index (χ2n) is 8.62. The van der Waals surface area contributed by atoms with E-state index in [0.717, 1.165) is 57.0 Å². The molecular weight excluding hydrogens is 388 g/mol. The monoisotopic (exact) mass is 422 g/mol. The maximum absolute atomic E-state index is 12.7. The summed E-state index contributed by atoms with van der Waals surface area (Å²) in [6.45, 7) is 5.82. The Morgan fingerprint density at radius 2 is 1.97 bits per heavy atom. The lowest BCUT2D eigenvalue weighted by molar-refractivity contribution is -0.134. The molecule has 7 heteroatoms. The van der Waals surface area contributed by atoms with Gasteiger partial charge in [0, 0.05) is 43.4 Å². The van der Waals surface area contributed by atoms with Gasteiger partial charge in [-0.15, -0.1) is 0 Å². The van der Waals surface area contributed by atoms with E-state index in [1.54, 1.807) is 0 Å². The largest absolute Gasteiger partial charge is 0.357 e. The number of likely N-dealkylation sites (tertiary alicyclic amines) is 1. The molecule has 0 spiro atoms. The average molecular weight is 423 g/mol. The molecule has 4 rings (SSSR count). The maximum Gasteiger partial charge on any atom is 0.225 e. The summed E-state index contributed by atoms with van der Waals surface area (Å²) in [4.78, 5) is 19.5. The number of benzene rings is 1. The molecule has 2 N–H and O–H groups in total. The lowest BCUT2D eigenvalue weighted by Crippen LogP contribution is -2.45. The number of carbonyl (C=O) groups is 1. The molecule has 1 saturated heterocycles. The lowest BCUT2D eigenvalue weighted by atomic mass is 10.1. The van der Waals surface area contributed by atoms with Crippen LogP contribution in [0.2, 0.25) is 0 Å². The van der Waals surface area contributed by atoms with Crippen LogP contribution in [-0.4, -0.2) is 52.2 Å². The topological polar surface area (TPSA) is 74.6 Å². The van der Waals surface area contributed by atoms with E-state index in [4.69, 9.17) is 4.99 Å². The van der Waals surface area contributed by atoms with E-state index in [1.165, 1.54) is 18.4 Å². The molecule has 2 fully saturated rings. The molecule has 1 aliphatic heterocycles. The number of hydrogen-bond acceptors (Lipinski definition) is 3. The molecule has 1 atom stereocenters. The van der Waals surface area contributed by atoms with Crippen LogP contribution >= 0.6 is 0 Å². The van der Waals surface area contributed by atoms with Gasteiger partial charge in [0.25, 0.3) is 0 Å². The highest BCUT2D eigenvalue weighted by Crippen LogP contribution is 2.27. The van der Waals surface area contributed by atoms with Crippen molar-refractivity contribution in [2.45, 2.75) is 58.2 Å².